The summed E-state index contributed by atoms with van der Waals surface area (Å²) in [6, 6.07) is 4.46. The van der Waals surface area contributed by atoms with Crippen LogP contribution in [0.25, 0.3) is 0 Å². The van der Waals surface area contributed by atoms with Crippen molar-refractivity contribution in [2.45, 2.75) is 52.9 Å². The summed E-state index contributed by atoms with van der Waals surface area (Å²) in [5, 5.41) is 0. The smallest absolute Gasteiger partial charge is 0.0420 e. The lowest BCUT2D eigenvalue weighted by Crippen LogP contribution is -2.27. The van der Waals surface area contributed by atoms with Gasteiger partial charge in [-0.3, -0.25) is 0 Å². The molecule has 1 heterocycles. The predicted molar refractivity (Wildman–Crippen MR) is 84.8 cm³/mol. The number of aryl methyl sites for hydroxylation is 1. The van der Waals surface area contributed by atoms with Crippen molar-refractivity contribution in [1.82, 2.24) is 0 Å². The van der Waals surface area contributed by atoms with Crippen LogP contribution in [0, 0.1) is 12.8 Å². The van der Waals surface area contributed by atoms with E-state index in [0.29, 0.717) is 0 Å². The maximum absolute atomic E-state index is 6.07. The van der Waals surface area contributed by atoms with E-state index >= 15 is 0 Å². The quantitative estimate of drug-likeness (QED) is 0.778. The van der Waals surface area contributed by atoms with Crippen molar-refractivity contribution in [3.05, 3.63) is 23.3 Å². The van der Waals surface area contributed by atoms with E-state index in [1.54, 1.807) is 0 Å². The van der Waals surface area contributed by atoms with Gasteiger partial charge in [-0.2, -0.15) is 0 Å². The Hall–Kier alpha value is -1.18. The van der Waals surface area contributed by atoms with Gasteiger partial charge in [-0.15, -0.1) is 0 Å². The van der Waals surface area contributed by atoms with E-state index in [1.807, 2.05) is 0 Å². The Kier molecular flexibility index (Phi) is 4.73. The second kappa shape index (κ2) is 6.31. The maximum Gasteiger partial charge on any atom is 0.0420 e. The van der Waals surface area contributed by atoms with Crippen molar-refractivity contribution >= 4 is 11.4 Å². The monoisotopic (exact) mass is 260 g/mol. The van der Waals surface area contributed by atoms with E-state index in [4.69, 9.17) is 5.73 Å². The Bertz CT molecular complexity index is 426. The molecule has 1 aliphatic heterocycles. The number of fused-ring (bicyclic) bond motifs is 1. The van der Waals surface area contributed by atoms with Crippen LogP contribution in [0.5, 0.6) is 0 Å². The molecule has 0 fully saturated rings. The molecule has 19 heavy (non-hydrogen) atoms. The van der Waals surface area contributed by atoms with Gasteiger partial charge in [-0.1, -0.05) is 39.2 Å². The highest BCUT2D eigenvalue weighted by Gasteiger charge is 2.22. The Labute approximate surface area is 118 Å². The molecule has 2 rings (SSSR count). The van der Waals surface area contributed by atoms with Gasteiger partial charge in [-0.05, 0) is 42.9 Å². The number of rotatable bonds is 6. The Balaban J connectivity index is 2.07. The van der Waals surface area contributed by atoms with Crippen LogP contribution in [0.15, 0.2) is 12.1 Å². The minimum Gasteiger partial charge on any atom is -0.398 e. The van der Waals surface area contributed by atoms with E-state index in [0.717, 1.165) is 11.6 Å². The first-order chi connectivity index (χ1) is 9.15. The lowest BCUT2D eigenvalue weighted by atomic mass is 9.98. The fourth-order valence-corrected chi connectivity index (χ4v) is 3.06. The van der Waals surface area contributed by atoms with E-state index < -0.39 is 0 Å². The largest absolute Gasteiger partial charge is 0.398 e. The summed E-state index contributed by atoms with van der Waals surface area (Å²) < 4.78 is 0. The van der Waals surface area contributed by atoms with Crippen LogP contribution in [0.2, 0.25) is 0 Å². The molecule has 1 unspecified atom stereocenters. The van der Waals surface area contributed by atoms with Crippen LogP contribution in [-0.2, 0) is 6.42 Å². The number of nitrogen functional groups attached to an aromatic ring is 1. The fraction of sp³-hybridized carbons (Fsp3) is 0.647. The molecule has 0 amide bonds. The molecule has 0 spiro atoms. The molecule has 1 aromatic rings. The number of nitrogens with zero attached hydrogens (tertiary/aromatic N) is 1. The van der Waals surface area contributed by atoms with E-state index in [2.05, 4.69) is 37.8 Å². The van der Waals surface area contributed by atoms with Gasteiger partial charge in [0.2, 0.25) is 0 Å². The highest BCUT2D eigenvalue weighted by Crippen LogP contribution is 2.33. The molecule has 2 nitrogen and oxygen atoms in total. The molecule has 1 aliphatic rings. The first-order valence-corrected chi connectivity index (χ1v) is 7.79. The summed E-state index contributed by atoms with van der Waals surface area (Å²) in [4.78, 5) is 2.55. The van der Waals surface area contributed by atoms with Gasteiger partial charge in [0, 0.05) is 24.5 Å². The van der Waals surface area contributed by atoms with Gasteiger partial charge < -0.3 is 10.6 Å². The summed E-state index contributed by atoms with van der Waals surface area (Å²) in [5.41, 5.74) is 11.1. The summed E-state index contributed by atoms with van der Waals surface area (Å²) in [6.45, 7) is 9.07. The highest BCUT2D eigenvalue weighted by molar-refractivity contribution is 5.67. The van der Waals surface area contributed by atoms with E-state index in [1.165, 1.54) is 62.0 Å². The van der Waals surface area contributed by atoms with Crippen molar-refractivity contribution in [3.63, 3.8) is 0 Å². The van der Waals surface area contributed by atoms with Crippen LogP contribution < -0.4 is 10.6 Å². The molecule has 0 radical (unpaired) electrons. The third-order valence-electron chi connectivity index (χ3n) is 4.48. The van der Waals surface area contributed by atoms with Gasteiger partial charge >= 0.3 is 0 Å². The topological polar surface area (TPSA) is 29.3 Å². The first-order valence-electron chi connectivity index (χ1n) is 7.79. The molecule has 0 bridgehead atoms. The molecule has 0 aromatic heterocycles. The number of hydrogen-bond donors (Lipinski definition) is 1. The second-order valence-electron chi connectivity index (χ2n) is 5.95. The Morgan fingerprint density at radius 3 is 2.79 bits per heavy atom. The zero-order valence-electron chi connectivity index (χ0n) is 12.7. The summed E-state index contributed by atoms with van der Waals surface area (Å²) >= 11 is 0. The van der Waals surface area contributed by atoms with Gasteiger partial charge in [0.1, 0.15) is 0 Å². The number of nitrogens with two attached hydrogens (primary N) is 1. The van der Waals surface area contributed by atoms with Gasteiger partial charge in [0.25, 0.3) is 0 Å². The van der Waals surface area contributed by atoms with Crippen molar-refractivity contribution in [3.8, 4) is 0 Å². The molecule has 0 saturated carbocycles. The molecule has 0 aliphatic carbocycles. The maximum atomic E-state index is 6.07. The van der Waals surface area contributed by atoms with Crippen molar-refractivity contribution in [2.24, 2.45) is 5.92 Å². The Morgan fingerprint density at radius 2 is 2.11 bits per heavy atom. The number of anilines is 2. The van der Waals surface area contributed by atoms with Crippen molar-refractivity contribution < 1.29 is 0 Å². The van der Waals surface area contributed by atoms with E-state index in [-0.39, 0.29) is 0 Å². The summed E-state index contributed by atoms with van der Waals surface area (Å²) in [6.07, 6.45) is 6.49. The standard InChI is InChI=1S/C17H28N2/c1-4-6-7-14(5-2)12-19-9-8-15-10-13(3)16(18)11-17(15)19/h10-11,14H,4-9,12,18H2,1-3H3. The molecular weight excluding hydrogens is 232 g/mol. The molecule has 1 aromatic carbocycles. The first kappa shape index (κ1) is 14.2. The normalized spacial score (nSPS) is 15.6. The molecule has 0 saturated heterocycles. The highest BCUT2D eigenvalue weighted by atomic mass is 15.1. The molecule has 106 valence electrons. The summed E-state index contributed by atoms with van der Waals surface area (Å²) in [5.74, 6) is 0.827. The molecule has 2 N–H and O–H groups in total. The minimum absolute atomic E-state index is 0.827. The van der Waals surface area contributed by atoms with E-state index in [9.17, 15) is 0 Å². The average molecular weight is 260 g/mol. The SMILES string of the molecule is CCCCC(CC)CN1CCc2cc(C)c(N)cc21. The third-order valence-corrected chi connectivity index (χ3v) is 4.48. The van der Waals surface area contributed by atoms with Gasteiger partial charge in [0.15, 0.2) is 0 Å². The third kappa shape index (κ3) is 3.23. The molecular formula is C17H28N2. The fourth-order valence-electron chi connectivity index (χ4n) is 3.06. The zero-order chi connectivity index (χ0) is 13.8. The van der Waals surface area contributed by atoms with Gasteiger partial charge in [0.05, 0.1) is 0 Å². The van der Waals surface area contributed by atoms with Crippen LogP contribution in [0.4, 0.5) is 11.4 Å². The zero-order valence-corrected chi connectivity index (χ0v) is 12.7. The van der Waals surface area contributed by atoms with Crippen LogP contribution >= 0.6 is 0 Å². The predicted octanol–water partition coefficient (Wildman–Crippen LogP) is 4.16. The number of unbranched alkanes of at least 4 members (excludes halogenated alkanes) is 1. The minimum atomic E-state index is 0.827. The number of benzene rings is 1. The van der Waals surface area contributed by atoms with Crippen molar-refractivity contribution in [1.29, 1.82) is 0 Å². The lowest BCUT2D eigenvalue weighted by Gasteiger charge is -2.25. The molecule has 1 atom stereocenters. The average Bonchev–Trinajstić information content (AvgIpc) is 2.77. The molecule has 2 heteroatoms. The van der Waals surface area contributed by atoms with Gasteiger partial charge in [-0.25, -0.2) is 0 Å². The lowest BCUT2D eigenvalue weighted by molar-refractivity contribution is 0.449. The number of hydrogen-bond acceptors (Lipinski definition) is 2. The van der Waals surface area contributed by atoms with Crippen molar-refractivity contribution in [2.75, 3.05) is 23.7 Å². The summed E-state index contributed by atoms with van der Waals surface area (Å²) in [7, 11) is 0. The second-order valence-corrected chi connectivity index (χ2v) is 5.95. The van der Waals surface area contributed by atoms with Crippen LogP contribution in [0.3, 0.4) is 0 Å². The van der Waals surface area contributed by atoms with Crippen LogP contribution in [-0.4, -0.2) is 13.1 Å². The van der Waals surface area contributed by atoms with Crippen LogP contribution in [0.1, 0.15) is 50.7 Å². The Morgan fingerprint density at radius 1 is 1.32 bits per heavy atom.